The van der Waals surface area contributed by atoms with E-state index in [-0.39, 0.29) is 56.6 Å². The molecular formula is C85H97N3O22. The maximum absolute atomic E-state index is 13.0. The lowest BCUT2D eigenvalue weighted by Gasteiger charge is -2.31. The lowest BCUT2D eigenvalue weighted by Crippen LogP contribution is -2.44. The minimum absolute atomic E-state index is 0.0163. The van der Waals surface area contributed by atoms with Crippen molar-refractivity contribution < 1.29 is 105 Å². The standard InChI is InChI=1S/C51H58N2O12.C17H19NO2.C17H20O8/c1-5-45(54)62-35-51(36-63-46(55)6-2,37-64-47(56)27-31-52(3)29-13-33-60-43-23-19-41(20-24-43)49(58)39-15-9-7-10-16-39)38-65-48(57)28-32-53(4)30-14-34-61-44-25-21-42(22-26-44)50(59)40-17-11-8-12-18-40;1-18-12-5-13-20-16-10-8-15(9-11-16)17(19)14-6-3-2-4-7-14;1-5-13(18)22-9-17(10-23-14(19)6-2,11-24-15(20)7-3)12-25-16(21)8-4/h5-12,15-26H,1-2,13-14,27-38H2,3-4H3;2-4,6-11,18H,5,12-13H2,1H3;5-8H,1-4,9-12H2. The van der Waals surface area contributed by atoms with E-state index in [1.54, 1.807) is 72.8 Å². The Morgan fingerprint density at radius 3 is 0.782 bits per heavy atom. The fourth-order valence-corrected chi connectivity index (χ4v) is 9.46. The van der Waals surface area contributed by atoms with Crippen LogP contribution >= 0.6 is 0 Å². The molecule has 0 bridgehead atoms. The van der Waals surface area contributed by atoms with E-state index in [2.05, 4.69) is 44.8 Å². The molecule has 0 heterocycles. The van der Waals surface area contributed by atoms with Crippen LogP contribution in [0.5, 0.6) is 17.2 Å². The second-order valence-electron chi connectivity index (χ2n) is 24.7. The molecule has 0 radical (unpaired) electrons. The minimum Gasteiger partial charge on any atom is -0.494 e. The first-order chi connectivity index (χ1) is 53.0. The van der Waals surface area contributed by atoms with Crippen LogP contribution in [-0.4, -0.2) is 201 Å². The van der Waals surface area contributed by atoms with Gasteiger partial charge in [-0.25, -0.2) is 28.8 Å². The Morgan fingerprint density at radius 1 is 0.318 bits per heavy atom. The van der Waals surface area contributed by atoms with Crippen molar-refractivity contribution in [3.8, 4) is 17.2 Å². The molecule has 0 unspecified atom stereocenters. The molecule has 0 atom stereocenters. The molecule has 110 heavy (non-hydrogen) atoms. The Kier molecular flexibility index (Phi) is 41.9. The summed E-state index contributed by atoms with van der Waals surface area (Å²) in [4.78, 5) is 137. The average Bonchev–Trinajstić information content (AvgIpc) is 0.879. The number of esters is 8. The van der Waals surface area contributed by atoms with Crippen molar-refractivity contribution in [3.05, 3.63) is 273 Å². The number of nitrogens with zero attached hydrogens (tertiary/aromatic N) is 2. The van der Waals surface area contributed by atoms with E-state index < -0.39 is 85.0 Å². The van der Waals surface area contributed by atoms with E-state index in [0.29, 0.717) is 104 Å². The molecule has 1 N–H and O–H groups in total. The van der Waals surface area contributed by atoms with Gasteiger partial charge in [0.1, 0.15) is 80.9 Å². The number of carbonyl (C=O) groups excluding carboxylic acids is 11. The van der Waals surface area contributed by atoms with Crippen LogP contribution in [0, 0.1) is 10.8 Å². The van der Waals surface area contributed by atoms with Crippen molar-refractivity contribution in [2.45, 2.75) is 32.1 Å². The Bertz CT molecular complexity index is 3700. The number of ketones is 3. The summed E-state index contributed by atoms with van der Waals surface area (Å²) < 4.78 is 58.9. The average molecular weight is 1510 g/mol. The van der Waals surface area contributed by atoms with Crippen LogP contribution in [0.1, 0.15) is 79.9 Å². The van der Waals surface area contributed by atoms with Crippen LogP contribution in [0.3, 0.4) is 0 Å². The van der Waals surface area contributed by atoms with Crippen molar-refractivity contribution >= 4 is 65.1 Å². The predicted molar refractivity (Wildman–Crippen MR) is 411 cm³/mol. The Hall–Kier alpha value is -12.2. The maximum Gasteiger partial charge on any atom is 0.330 e. The highest BCUT2D eigenvalue weighted by atomic mass is 16.6. The lowest BCUT2D eigenvalue weighted by molar-refractivity contribution is -0.169. The summed E-state index contributed by atoms with van der Waals surface area (Å²) in [5.74, 6) is -3.76. The number of benzene rings is 6. The van der Waals surface area contributed by atoms with Gasteiger partial charge in [0.2, 0.25) is 0 Å². The first-order valence-electron chi connectivity index (χ1n) is 35.1. The molecule has 0 saturated heterocycles. The molecule has 0 aliphatic carbocycles. The summed E-state index contributed by atoms with van der Waals surface area (Å²) in [5.41, 5.74) is 0.971. The van der Waals surface area contributed by atoms with Gasteiger partial charge in [0.25, 0.3) is 0 Å². The summed E-state index contributed by atoms with van der Waals surface area (Å²) in [6.45, 7) is 21.1. The van der Waals surface area contributed by atoms with Gasteiger partial charge in [-0.05, 0) is 120 Å². The zero-order chi connectivity index (χ0) is 80.4. The Balaban J connectivity index is 0.000000458. The van der Waals surface area contributed by atoms with Crippen molar-refractivity contribution in [2.24, 2.45) is 10.8 Å². The molecule has 6 rings (SSSR count). The predicted octanol–water partition coefficient (Wildman–Crippen LogP) is 10.4. The summed E-state index contributed by atoms with van der Waals surface area (Å²) in [6.07, 6.45) is 7.91. The second-order valence-corrected chi connectivity index (χ2v) is 24.7. The van der Waals surface area contributed by atoms with E-state index in [1.807, 2.05) is 122 Å². The minimum atomic E-state index is -1.44. The van der Waals surface area contributed by atoms with Crippen molar-refractivity contribution in [3.63, 3.8) is 0 Å². The fraction of sp³-hybridized carbons (Fsp3) is 0.306. The third-order valence-corrected chi connectivity index (χ3v) is 15.8. The number of ether oxygens (including phenoxy) is 11. The largest absolute Gasteiger partial charge is 0.494 e. The van der Waals surface area contributed by atoms with Crippen LogP contribution in [0.15, 0.2) is 240 Å². The van der Waals surface area contributed by atoms with Gasteiger partial charge in [0.15, 0.2) is 17.3 Å². The molecule has 25 heteroatoms. The molecule has 0 amide bonds. The van der Waals surface area contributed by atoms with Gasteiger partial charge < -0.3 is 67.2 Å². The molecule has 0 aliphatic heterocycles. The van der Waals surface area contributed by atoms with E-state index in [4.69, 9.17) is 52.1 Å². The number of hydrogen-bond acceptors (Lipinski definition) is 25. The van der Waals surface area contributed by atoms with Crippen LogP contribution in [0.4, 0.5) is 0 Å². The maximum atomic E-state index is 13.0. The fourth-order valence-electron chi connectivity index (χ4n) is 9.46. The number of carbonyl (C=O) groups is 11. The van der Waals surface area contributed by atoms with E-state index in [1.165, 1.54) is 0 Å². The molecule has 25 nitrogen and oxygen atoms in total. The van der Waals surface area contributed by atoms with Crippen LogP contribution < -0.4 is 19.5 Å². The van der Waals surface area contributed by atoms with Gasteiger partial charge in [-0.1, -0.05) is 130 Å². The smallest absolute Gasteiger partial charge is 0.330 e. The van der Waals surface area contributed by atoms with Crippen LogP contribution in [-0.2, 0) is 76.3 Å². The molecular weight excluding hydrogens is 1410 g/mol. The van der Waals surface area contributed by atoms with Crippen LogP contribution in [0.25, 0.3) is 0 Å². The number of nitrogens with one attached hydrogen (secondary N) is 1. The number of hydrogen-bond donors (Lipinski definition) is 1. The first-order valence-corrected chi connectivity index (χ1v) is 35.1. The molecule has 0 aliphatic rings. The van der Waals surface area contributed by atoms with Gasteiger partial charge in [-0.3, -0.25) is 24.0 Å². The number of rotatable bonds is 49. The molecule has 0 saturated carbocycles. The molecule has 0 spiro atoms. The molecule has 0 fully saturated rings. The van der Waals surface area contributed by atoms with E-state index in [0.717, 1.165) is 55.2 Å². The van der Waals surface area contributed by atoms with Gasteiger partial charge >= 0.3 is 47.8 Å². The Labute approximate surface area is 642 Å². The van der Waals surface area contributed by atoms with Gasteiger partial charge in [-0.2, -0.15) is 0 Å². The van der Waals surface area contributed by atoms with Crippen LogP contribution in [0.2, 0.25) is 0 Å². The van der Waals surface area contributed by atoms with E-state index >= 15 is 0 Å². The molecule has 6 aromatic carbocycles. The zero-order valence-electron chi connectivity index (χ0n) is 62.5. The zero-order valence-corrected chi connectivity index (χ0v) is 62.5. The van der Waals surface area contributed by atoms with Crippen molar-refractivity contribution in [1.29, 1.82) is 0 Å². The van der Waals surface area contributed by atoms with Gasteiger partial charge in [0.05, 0.1) is 32.7 Å². The Morgan fingerprint density at radius 2 is 0.545 bits per heavy atom. The summed E-state index contributed by atoms with van der Waals surface area (Å²) in [6, 6.07) is 48.6. The highest BCUT2D eigenvalue weighted by molar-refractivity contribution is 6.10. The molecule has 6 aromatic rings. The third kappa shape index (κ3) is 35.5. The lowest BCUT2D eigenvalue weighted by atomic mass is 9.92. The first kappa shape index (κ1) is 90.2. The summed E-state index contributed by atoms with van der Waals surface area (Å²) in [7, 11) is 5.63. The monoisotopic (exact) mass is 1510 g/mol. The quantitative estimate of drug-likeness (QED) is 0.0122. The molecule has 0 aromatic heterocycles. The third-order valence-electron chi connectivity index (χ3n) is 15.8. The highest BCUT2D eigenvalue weighted by Crippen LogP contribution is 2.25. The van der Waals surface area contributed by atoms with Gasteiger partial charge in [-0.15, -0.1) is 0 Å². The van der Waals surface area contributed by atoms with Gasteiger partial charge in [0, 0.05) is 96.0 Å². The SMILES string of the molecule is C=CC(=O)OCC(COC(=O)C=C)(COC(=O)C=C)COC(=O)C=C.C=CC(=O)OCC(COC(=O)C=C)(COC(=O)CCN(C)CCCOc1ccc(C(=O)c2ccccc2)cc1)COC(=O)CCN(C)CCCOc1ccc(C(=O)c2ccccc2)cc1.CNCCCOc1ccc(C(=O)c2ccccc2)cc1. The van der Waals surface area contributed by atoms with Crippen molar-refractivity contribution in [1.82, 2.24) is 15.1 Å². The highest BCUT2D eigenvalue weighted by Gasteiger charge is 2.39. The topological polar surface area (TPSA) is 308 Å². The van der Waals surface area contributed by atoms with E-state index in [9.17, 15) is 52.7 Å². The van der Waals surface area contributed by atoms with Crippen molar-refractivity contribution in [2.75, 3.05) is 127 Å². The summed E-state index contributed by atoms with van der Waals surface area (Å²) >= 11 is 0. The second kappa shape index (κ2) is 51.1. The normalized spacial score (nSPS) is 10.6. The molecule has 584 valence electrons. The summed E-state index contributed by atoms with van der Waals surface area (Å²) in [5, 5.41) is 3.07.